The highest BCUT2D eigenvalue weighted by atomic mass is 79.9. The molecule has 0 radical (unpaired) electrons. The molecule has 0 unspecified atom stereocenters. The molecule has 0 atom stereocenters. The first-order valence-electron chi connectivity index (χ1n) is 8.38. The summed E-state index contributed by atoms with van der Waals surface area (Å²) in [6.45, 7) is 5.56. The van der Waals surface area contributed by atoms with E-state index in [0.29, 0.717) is 6.61 Å². The van der Waals surface area contributed by atoms with Crippen LogP contribution in [0.1, 0.15) is 22.3 Å². The van der Waals surface area contributed by atoms with Gasteiger partial charge in [0.25, 0.3) is 0 Å². The van der Waals surface area contributed by atoms with E-state index in [1.807, 2.05) is 30.3 Å². The van der Waals surface area contributed by atoms with Crippen LogP contribution in [-0.2, 0) is 13.2 Å². The number of rotatable bonds is 6. The van der Waals surface area contributed by atoms with E-state index >= 15 is 0 Å². The van der Waals surface area contributed by atoms with Crippen molar-refractivity contribution in [2.45, 2.75) is 27.0 Å². The summed E-state index contributed by atoms with van der Waals surface area (Å²) in [6, 6.07) is 22.8. The third-order valence-corrected chi connectivity index (χ3v) is 4.80. The van der Waals surface area contributed by atoms with Gasteiger partial charge in [0.15, 0.2) is 0 Å². The Hall–Kier alpha value is -2.26. The summed E-state index contributed by atoms with van der Waals surface area (Å²) in [6.07, 6.45) is 0. The van der Waals surface area contributed by atoms with Crippen molar-refractivity contribution in [3.05, 3.63) is 93.5 Å². The Labute approximate surface area is 158 Å². The molecule has 1 N–H and O–H groups in total. The van der Waals surface area contributed by atoms with E-state index in [1.54, 1.807) is 0 Å². The van der Waals surface area contributed by atoms with Gasteiger partial charge in [-0.3, -0.25) is 0 Å². The fourth-order valence-electron chi connectivity index (χ4n) is 2.58. The van der Waals surface area contributed by atoms with E-state index in [0.717, 1.165) is 33.6 Å². The van der Waals surface area contributed by atoms with Crippen molar-refractivity contribution in [1.29, 1.82) is 0 Å². The SMILES string of the molecule is Cc1ccc(NCc2ccccc2OCc2ccc(Br)cc2)cc1C. The fraction of sp³-hybridized carbons (Fsp3) is 0.182. The van der Waals surface area contributed by atoms with Crippen LogP contribution in [0.15, 0.2) is 71.2 Å². The van der Waals surface area contributed by atoms with E-state index < -0.39 is 0 Å². The fourth-order valence-corrected chi connectivity index (χ4v) is 2.85. The number of ether oxygens (including phenoxy) is 1. The molecule has 0 bridgehead atoms. The van der Waals surface area contributed by atoms with Gasteiger partial charge in [0.05, 0.1) is 0 Å². The van der Waals surface area contributed by atoms with Crippen LogP contribution >= 0.6 is 15.9 Å². The van der Waals surface area contributed by atoms with Gasteiger partial charge in [0.2, 0.25) is 0 Å². The second-order valence-electron chi connectivity index (χ2n) is 6.18. The molecule has 0 aliphatic rings. The van der Waals surface area contributed by atoms with Crippen LogP contribution in [0, 0.1) is 13.8 Å². The van der Waals surface area contributed by atoms with Gasteiger partial charge in [-0.1, -0.05) is 52.3 Å². The smallest absolute Gasteiger partial charge is 0.124 e. The zero-order chi connectivity index (χ0) is 17.6. The molecule has 0 heterocycles. The zero-order valence-corrected chi connectivity index (χ0v) is 16.1. The first-order valence-corrected chi connectivity index (χ1v) is 9.17. The van der Waals surface area contributed by atoms with Crippen molar-refractivity contribution < 1.29 is 4.74 Å². The van der Waals surface area contributed by atoms with E-state index in [9.17, 15) is 0 Å². The number of nitrogens with one attached hydrogen (secondary N) is 1. The number of benzene rings is 3. The number of aryl methyl sites for hydroxylation is 2. The van der Waals surface area contributed by atoms with Crippen molar-refractivity contribution in [1.82, 2.24) is 0 Å². The number of hydrogen-bond donors (Lipinski definition) is 1. The highest BCUT2D eigenvalue weighted by molar-refractivity contribution is 9.10. The summed E-state index contributed by atoms with van der Waals surface area (Å²) < 4.78 is 7.12. The van der Waals surface area contributed by atoms with Gasteiger partial charge in [-0.15, -0.1) is 0 Å². The lowest BCUT2D eigenvalue weighted by atomic mass is 10.1. The third-order valence-electron chi connectivity index (χ3n) is 4.27. The van der Waals surface area contributed by atoms with Crippen LogP contribution in [0.25, 0.3) is 0 Å². The van der Waals surface area contributed by atoms with Crippen LogP contribution in [-0.4, -0.2) is 0 Å². The van der Waals surface area contributed by atoms with E-state index in [2.05, 4.69) is 71.5 Å². The first-order chi connectivity index (χ1) is 12.1. The maximum atomic E-state index is 6.04. The predicted octanol–water partition coefficient (Wildman–Crippen LogP) is 6.26. The maximum absolute atomic E-state index is 6.04. The van der Waals surface area contributed by atoms with Crippen molar-refractivity contribution in [2.24, 2.45) is 0 Å². The Morgan fingerprint density at radius 2 is 1.64 bits per heavy atom. The quantitative estimate of drug-likeness (QED) is 0.531. The van der Waals surface area contributed by atoms with Crippen LogP contribution in [0.4, 0.5) is 5.69 Å². The number of anilines is 1. The Morgan fingerprint density at radius 1 is 0.880 bits per heavy atom. The molecule has 0 saturated heterocycles. The Balaban J connectivity index is 1.65. The molecule has 0 aliphatic carbocycles. The summed E-state index contributed by atoms with van der Waals surface area (Å²) in [5, 5.41) is 3.49. The lowest BCUT2D eigenvalue weighted by Gasteiger charge is -2.14. The standard InChI is InChI=1S/C22H22BrNO/c1-16-7-12-21(13-17(16)2)24-14-19-5-3-4-6-22(19)25-15-18-8-10-20(23)11-9-18/h3-13,24H,14-15H2,1-2H3. The minimum atomic E-state index is 0.563. The summed E-state index contributed by atoms with van der Waals surface area (Å²) in [7, 11) is 0. The van der Waals surface area contributed by atoms with Crippen molar-refractivity contribution in [3.63, 3.8) is 0 Å². The van der Waals surface area contributed by atoms with E-state index in [1.165, 1.54) is 11.1 Å². The molecule has 0 spiro atoms. The minimum Gasteiger partial charge on any atom is -0.489 e. The number of para-hydroxylation sites is 1. The molecule has 25 heavy (non-hydrogen) atoms. The molecule has 3 aromatic rings. The average molecular weight is 396 g/mol. The van der Waals surface area contributed by atoms with Gasteiger partial charge in [-0.2, -0.15) is 0 Å². The second-order valence-corrected chi connectivity index (χ2v) is 7.09. The van der Waals surface area contributed by atoms with Crippen molar-refractivity contribution in [3.8, 4) is 5.75 Å². The van der Waals surface area contributed by atoms with Crippen molar-refractivity contribution >= 4 is 21.6 Å². The van der Waals surface area contributed by atoms with Crippen LogP contribution in [0.5, 0.6) is 5.75 Å². The maximum Gasteiger partial charge on any atom is 0.124 e. The molecule has 2 nitrogen and oxygen atoms in total. The lowest BCUT2D eigenvalue weighted by Crippen LogP contribution is -2.04. The Bertz CT molecular complexity index is 843. The van der Waals surface area contributed by atoms with Crippen LogP contribution in [0.3, 0.4) is 0 Å². The van der Waals surface area contributed by atoms with Gasteiger partial charge < -0.3 is 10.1 Å². The number of halogens is 1. The lowest BCUT2D eigenvalue weighted by molar-refractivity contribution is 0.303. The molecule has 3 aromatic carbocycles. The van der Waals surface area contributed by atoms with Crippen molar-refractivity contribution in [2.75, 3.05) is 5.32 Å². The normalized spacial score (nSPS) is 10.5. The molecule has 0 fully saturated rings. The Morgan fingerprint density at radius 3 is 2.40 bits per heavy atom. The topological polar surface area (TPSA) is 21.3 Å². The zero-order valence-electron chi connectivity index (χ0n) is 14.6. The Kier molecular flexibility index (Phi) is 5.77. The minimum absolute atomic E-state index is 0.563. The molecule has 3 heteroatoms. The highest BCUT2D eigenvalue weighted by Gasteiger charge is 2.04. The van der Waals surface area contributed by atoms with Crippen LogP contribution in [0.2, 0.25) is 0 Å². The molecule has 128 valence electrons. The molecule has 0 aromatic heterocycles. The van der Waals surface area contributed by atoms with E-state index in [4.69, 9.17) is 4.74 Å². The summed E-state index contributed by atoms with van der Waals surface area (Å²) in [4.78, 5) is 0. The van der Waals surface area contributed by atoms with Gasteiger partial charge >= 0.3 is 0 Å². The third kappa shape index (κ3) is 4.86. The molecule has 0 aliphatic heterocycles. The summed E-state index contributed by atoms with van der Waals surface area (Å²) >= 11 is 3.46. The monoisotopic (exact) mass is 395 g/mol. The molecule has 3 rings (SSSR count). The number of hydrogen-bond acceptors (Lipinski definition) is 2. The molecular formula is C22H22BrNO. The molecule has 0 saturated carbocycles. The molecule has 0 amide bonds. The first kappa shape index (κ1) is 17.6. The van der Waals surface area contributed by atoms with Gasteiger partial charge in [-0.25, -0.2) is 0 Å². The van der Waals surface area contributed by atoms with Gasteiger partial charge in [0.1, 0.15) is 12.4 Å². The van der Waals surface area contributed by atoms with Gasteiger partial charge in [0, 0.05) is 22.3 Å². The average Bonchev–Trinajstić information content (AvgIpc) is 2.63. The summed E-state index contributed by atoms with van der Waals surface area (Å²) in [5.74, 6) is 0.918. The van der Waals surface area contributed by atoms with Crippen LogP contribution < -0.4 is 10.1 Å². The highest BCUT2D eigenvalue weighted by Crippen LogP contribution is 2.22. The largest absolute Gasteiger partial charge is 0.489 e. The second kappa shape index (κ2) is 8.21. The predicted molar refractivity (Wildman–Crippen MR) is 108 cm³/mol. The summed E-state index contributed by atoms with van der Waals surface area (Å²) in [5.41, 5.74) is 6.04. The molecular weight excluding hydrogens is 374 g/mol. The van der Waals surface area contributed by atoms with Gasteiger partial charge in [-0.05, 0) is 60.9 Å². The van der Waals surface area contributed by atoms with E-state index in [-0.39, 0.29) is 0 Å².